The lowest BCUT2D eigenvalue weighted by molar-refractivity contribution is -0.897. The van der Waals surface area contributed by atoms with Crippen LogP contribution in [-0.2, 0) is 4.79 Å². The molecule has 1 fully saturated rings. The Labute approximate surface area is 118 Å². The smallest absolute Gasteiger partial charge is 0.216 e. The van der Waals surface area contributed by atoms with Gasteiger partial charge in [-0.3, -0.25) is 4.79 Å². The monoisotopic (exact) mass is 277 g/mol. The second-order valence-corrected chi connectivity index (χ2v) is 5.17. The number of ketones is 1. The minimum absolute atomic E-state index is 0.0783. The summed E-state index contributed by atoms with van der Waals surface area (Å²) in [5.74, 6) is -0.515. The van der Waals surface area contributed by atoms with E-state index in [1.54, 1.807) is 31.4 Å². The number of aliphatic carboxylic acids is 1. The van der Waals surface area contributed by atoms with E-state index in [-0.39, 0.29) is 11.7 Å². The first-order chi connectivity index (χ1) is 9.60. The molecule has 0 radical (unpaired) electrons. The zero-order valence-corrected chi connectivity index (χ0v) is 11.6. The van der Waals surface area contributed by atoms with Crippen LogP contribution in [0.4, 0.5) is 0 Å². The first-order valence-electron chi connectivity index (χ1n) is 6.82. The number of ether oxygens (including phenoxy) is 1. The van der Waals surface area contributed by atoms with Crippen molar-refractivity contribution >= 4 is 11.8 Å². The van der Waals surface area contributed by atoms with E-state index in [1.807, 2.05) is 0 Å². The molecule has 0 amide bonds. The van der Waals surface area contributed by atoms with E-state index >= 15 is 0 Å². The van der Waals surface area contributed by atoms with Crippen LogP contribution in [0, 0.1) is 5.92 Å². The quantitative estimate of drug-likeness (QED) is 0.695. The van der Waals surface area contributed by atoms with Gasteiger partial charge >= 0.3 is 0 Å². The maximum absolute atomic E-state index is 12.1. The number of Topliss-reactive ketones (excluding diaryl/α,β-unsaturated/α-hetero) is 1. The molecule has 0 saturated carbocycles. The van der Waals surface area contributed by atoms with Gasteiger partial charge in [0.15, 0.2) is 0 Å². The van der Waals surface area contributed by atoms with Crippen molar-refractivity contribution in [2.45, 2.75) is 12.8 Å². The summed E-state index contributed by atoms with van der Waals surface area (Å²) in [7, 11) is 1.59. The van der Waals surface area contributed by atoms with Crippen LogP contribution < -0.4 is 14.7 Å². The molecule has 1 aliphatic heterocycles. The molecule has 0 unspecified atom stereocenters. The number of carbonyl (C=O) groups excluding carboxylic acids is 2. The number of benzene rings is 1. The number of hydrogen-bond acceptors (Lipinski definition) is 4. The van der Waals surface area contributed by atoms with Crippen LogP contribution in [0.5, 0.6) is 5.75 Å². The maximum Gasteiger partial charge on any atom is 0.216 e. The molecule has 1 heterocycles. The number of nitrogens with one attached hydrogen (secondary N) is 1. The highest BCUT2D eigenvalue weighted by Gasteiger charge is 2.24. The molecule has 2 rings (SSSR count). The van der Waals surface area contributed by atoms with Gasteiger partial charge in [-0.15, -0.1) is 0 Å². The van der Waals surface area contributed by atoms with Crippen LogP contribution in [0.15, 0.2) is 24.3 Å². The maximum atomic E-state index is 12.1. The molecule has 5 heteroatoms. The van der Waals surface area contributed by atoms with Gasteiger partial charge in [-0.1, -0.05) is 0 Å². The van der Waals surface area contributed by atoms with Crippen LogP contribution in [0.25, 0.3) is 0 Å². The lowest BCUT2D eigenvalue weighted by atomic mass is 9.97. The highest BCUT2D eigenvalue weighted by atomic mass is 16.5. The lowest BCUT2D eigenvalue weighted by Gasteiger charge is -2.29. The Bertz CT molecular complexity index is 475. The number of carboxylic acid groups (broad SMARTS) is 1. The summed E-state index contributed by atoms with van der Waals surface area (Å²) < 4.78 is 5.06. The van der Waals surface area contributed by atoms with Crippen molar-refractivity contribution in [2.75, 3.05) is 26.7 Å². The third-order valence-electron chi connectivity index (χ3n) is 3.85. The summed E-state index contributed by atoms with van der Waals surface area (Å²) in [6, 6.07) is 7.05. The molecule has 5 nitrogen and oxygen atoms in total. The van der Waals surface area contributed by atoms with Crippen LogP contribution >= 0.6 is 0 Å². The van der Waals surface area contributed by atoms with Crippen molar-refractivity contribution in [3.8, 4) is 5.75 Å². The second-order valence-electron chi connectivity index (χ2n) is 5.17. The fraction of sp³-hybridized carbons (Fsp3) is 0.467. The molecule has 20 heavy (non-hydrogen) atoms. The zero-order chi connectivity index (χ0) is 14.5. The summed E-state index contributed by atoms with van der Waals surface area (Å²) in [5, 5.41) is 10.8. The molecule has 1 N–H and O–H groups in total. The Hall–Kier alpha value is -1.88. The Morgan fingerprint density at radius 2 is 1.85 bits per heavy atom. The SMILES string of the molecule is COc1ccc(C(=O)C[NH+]2CCC(C(=O)[O-])CC2)cc1. The molecule has 0 aromatic heterocycles. The number of carbonyl (C=O) groups is 2. The molecule has 1 aliphatic rings. The molecule has 1 saturated heterocycles. The average molecular weight is 277 g/mol. The van der Waals surface area contributed by atoms with Crippen molar-refractivity contribution < 1.29 is 24.3 Å². The van der Waals surface area contributed by atoms with Crippen LogP contribution in [0.2, 0.25) is 0 Å². The molecular weight excluding hydrogens is 258 g/mol. The van der Waals surface area contributed by atoms with Gasteiger partial charge in [-0.25, -0.2) is 0 Å². The highest BCUT2D eigenvalue weighted by Crippen LogP contribution is 2.11. The average Bonchev–Trinajstić information content (AvgIpc) is 2.48. The molecule has 1 aromatic carbocycles. The van der Waals surface area contributed by atoms with Crippen molar-refractivity contribution in [3.63, 3.8) is 0 Å². The predicted molar refractivity (Wildman–Crippen MR) is 70.6 cm³/mol. The number of carboxylic acids is 1. The summed E-state index contributed by atoms with van der Waals surface area (Å²) in [5.41, 5.74) is 0.667. The van der Waals surface area contributed by atoms with Gasteiger partial charge in [0.2, 0.25) is 5.78 Å². The van der Waals surface area contributed by atoms with Gasteiger partial charge in [0.1, 0.15) is 12.3 Å². The molecule has 0 bridgehead atoms. The summed E-state index contributed by atoms with van der Waals surface area (Å²) in [6.45, 7) is 1.83. The standard InChI is InChI=1S/C15H19NO4/c1-20-13-4-2-11(3-5-13)14(17)10-16-8-6-12(7-9-16)15(18)19/h2-5,12H,6-10H2,1H3,(H,18,19). The van der Waals surface area contributed by atoms with E-state index in [1.165, 1.54) is 0 Å². The molecule has 0 aliphatic carbocycles. The molecule has 1 aromatic rings. The fourth-order valence-electron chi connectivity index (χ4n) is 2.54. The van der Waals surface area contributed by atoms with Crippen LogP contribution in [-0.4, -0.2) is 38.5 Å². The van der Waals surface area contributed by atoms with Crippen molar-refractivity contribution in [1.82, 2.24) is 0 Å². The van der Waals surface area contributed by atoms with Crippen LogP contribution in [0.1, 0.15) is 23.2 Å². The normalized spacial score (nSPS) is 22.2. The fourth-order valence-corrected chi connectivity index (χ4v) is 2.54. The Kier molecular flexibility index (Phi) is 4.74. The number of piperidine rings is 1. The number of methoxy groups -OCH3 is 1. The second kappa shape index (κ2) is 6.52. The molecular formula is C15H19NO4. The minimum atomic E-state index is -0.967. The van der Waals surface area contributed by atoms with E-state index in [4.69, 9.17) is 4.74 Å². The largest absolute Gasteiger partial charge is 0.550 e. The lowest BCUT2D eigenvalue weighted by Crippen LogP contribution is -3.14. The predicted octanol–water partition coefficient (Wildman–Crippen LogP) is -1.08. The third-order valence-corrected chi connectivity index (χ3v) is 3.85. The first kappa shape index (κ1) is 14.5. The first-order valence-corrected chi connectivity index (χ1v) is 6.82. The number of likely N-dealkylation sites (tertiary alicyclic amines) is 1. The summed E-state index contributed by atoms with van der Waals surface area (Å²) >= 11 is 0. The van der Waals surface area contributed by atoms with Gasteiger partial charge in [0.25, 0.3) is 0 Å². The van der Waals surface area contributed by atoms with Crippen molar-refractivity contribution in [2.24, 2.45) is 5.92 Å². The van der Waals surface area contributed by atoms with Crippen LogP contribution in [0.3, 0.4) is 0 Å². The van der Waals surface area contributed by atoms with Gasteiger partial charge in [0, 0.05) is 30.3 Å². The summed E-state index contributed by atoms with van der Waals surface area (Å²) in [4.78, 5) is 24.0. The van der Waals surface area contributed by atoms with Crippen molar-refractivity contribution in [3.05, 3.63) is 29.8 Å². The van der Waals surface area contributed by atoms with Gasteiger partial charge in [-0.05, 0) is 24.3 Å². The van der Waals surface area contributed by atoms with E-state index in [0.29, 0.717) is 38.0 Å². The topological polar surface area (TPSA) is 70.9 Å². The van der Waals surface area contributed by atoms with E-state index < -0.39 is 5.97 Å². The zero-order valence-electron chi connectivity index (χ0n) is 11.6. The van der Waals surface area contributed by atoms with Gasteiger partial charge < -0.3 is 19.5 Å². The Morgan fingerprint density at radius 1 is 1.25 bits per heavy atom. The molecule has 0 spiro atoms. The third kappa shape index (κ3) is 3.57. The Morgan fingerprint density at radius 3 is 2.35 bits per heavy atom. The van der Waals surface area contributed by atoms with Crippen molar-refractivity contribution in [1.29, 1.82) is 0 Å². The van der Waals surface area contributed by atoms with E-state index in [0.717, 1.165) is 10.6 Å². The molecule has 0 atom stereocenters. The summed E-state index contributed by atoms with van der Waals surface area (Å²) in [6.07, 6.45) is 1.18. The molecule has 108 valence electrons. The van der Waals surface area contributed by atoms with E-state index in [9.17, 15) is 14.7 Å². The Balaban J connectivity index is 1.87. The minimum Gasteiger partial charge on any atom is -0.550 e. The number of hydrogen-bond donors (Lipinski definition) is 1. The van der Waals surface area contributed by atoms with E-state index in [2.05, 4.69) is 0 Å². The number of quaternary nitrogens is 1. The highest BCUT2D eigenvalue weighted by molar-refractivity contribution is 5.96. The van der Waals surface area contributed by atoms with Gasteiger partial charge in [-0.2, -0.15) is 0 Å². The van der Waals surface area contributed by atoms with Gasteiger partial charge in [0.05, 0.1) is 20.2 Å². The number of rotatable bonds is 5.